The van der Waals surface area contributed by atoms with Crippen molar-refractivity contribution in [2.75, 3.05) is 11.9 Å². The number of aryl methyl sites for hydroxylation is 1. The largest absolute Gasteiger partial charge is 0.462 e. The number of carbonyl (C=O) groups excluding carboxylic acids is 2. The number of hydrogen-bond donors (Lipinski definition) is 1. The van der Waals surface area contributed by atoms with Gasteiger partial charge in [0.25, 0.3) is 0 Å². The number of esters is 1. The van der Waals surface area contributed by atoms with E-state index >= 15 is 0 Å². The Morgan fingerprint density at radius 3 is 1.59 bits per heavy atom. The van der Waals surface area contributed by atoms with Gasteiger partial charge in [-0.3, -0.25) is 4.79 Å². The third-order valence-corrected chi connectivity index (χ3v) is 6.16. The first-order valence-corrected chi connectivity index (χ1v) is 10.5. The van der Waals surface area contributed by atoms with E-state index in [1.807, 2.05) is 0 Å². The van der Waals surface area contributed by atoms with Gasteiger partial charge in [0.15, 0.2) is 0 Å². The lowest BCUT2D eigenvalue weighted by molar-refractivity contribution is -0.443. The van der Waals surface area contributed by atoms with Crippen LogP contribution >= 0.6 is 11.3 Å². The molecule has 39 heavy (non-hydrogen) atoms. The van der Waals surface area contributed by atoms with E-state index in [0.717, 1.165) is 19.2 Å². The van der Waals surface area contributed by atoms with Gasteiger partial charge in [-0.2, -0.15) is 61.5 Å². The third kappa shape index (κ3) is 4.87. The van der Waals surface area contributed by atoms with Crippen molar-refractivity contribution < 1.29 is 84.6 Å². The molecule has 0 fully saturated rings. The molecule has 1 aromatic heterocycles. The average Bonchev–Trinajstić information content (AvgIpc) is 3.05. The fourth-order valence-electron chi connectivity index (χ4n) is 2.62. The van der Waals surface area contributed by atoms with Crippen LogP contribution in [0.3, 0.4) is 0 Å². The zero-order valence-electron chi connectivity index (χ0n) is 19.0. The Morgan fingerprint density at radius 1 is 0.769 bits per heavy atom. The van der Waals surface area contributed by atoms with Gasteiger partial charge in [-0.05, 0) is 26.3 Å². The summed E-state index contributed by atoms with van der Waals surface area (Å²) in [6, 6.07) is 0. The molecule has 1 heterocycles. The van der Waals surface area contributed by atoms with E-state index in [1.165, 1.54) is 6.92 Å². The average molecular weight is 627 g/mol. The van der Waals surface area contributed by atoms with E-state index in [4.69, 9.17) is 0 Å². The Balaban J connectivity index is 3.62. The Hall–Kier alpha value is -2.48. The molecule has 0 aliphatic carbocycles. The van der Waals surface area contributed by atoms with E-state index in [1.54, 1.807) is 0 Å². The van der Waals surface area contributed by atoms with Gasteiger partial charge in [0.1, 0.15) is 5.00 Å². The van der Waals surface area contributed by atoms with Crippen LogP contribution in [0.2, 0.25) is 0 Å². The lowest BCUT2D eigenvalue weighted by Gasteiger charge is -2.42. The number of amides is 1. The number of rotatable bonds is 11. The van der Waals surface area contributed by atoms with Gasteiger partial charge in [-0.25, -0.2) is 13.6 Å². The van der Waals surface area contributed by atoms with Crippen LogP contribution in [-0.2, 0) is 9.53 Å². The van der Waals surface area contributed by atoms with Crippen molar-refractivity contribution >= 4 is 28.2 Å². The van der Waals surface area contributed by atoms with Crippen molar-refractivity contribution in [2.24, 2.45) is 0 Å². The normalized spacial score (nSPS) is 14.6. The zero-order chi connectivity index (χ0) is 31.4. The first-order valence-electron chi connectivity index (χ1n) is 9.64. The number of anilines is 1. The summed E-state index contributed by atoms with van der Waals surface area (Å²) in [4.78, 5) is 23.7. The topological polar surface area (TPSA) is 55.4 Å². The molecule has 0 saturated heterocycles. The standard InChI is InChI=1S/C18H13F16NO3S/c1-4-38-9(36)7-5(2)6(3)39-8(7)35-11(37)13(23,24)15(27,28)17(31,32)18(33,34)16(29,30)14(25,26)12(21,22)10(19)20/h10H,4H2,1-3H3,(H,35,37). The molecule has 0 aliphatic rings. The fraction of sp³-hybridized carbons (Fsp3) is 0.667. The highest BCUT2D eigenvalue weighted by Crippen LogP contribution is 2.62. The van der Waals surface area contributed by atoms with Gasteiger partial charge < -0.3 is 10.1 Å². The Bertz CT molecular complexity index is 1100. The van der Waals surface area contributed by atoms with Gasteiger partial charge in [-0.15, -0.1) is 11.3 Å². The Kier molecular flexibility index (Phi) is 9.01. The molecular weight excluding hydrogens is 614 g/mol. The second-order valence-electron chi connectivity index (χ2n) is 7.53. The number of hydrogen-bond acceptors (Lipinski definition) is 4. The number of halogens is 16. The Morgan fingerprint density at radius 2 is 1.18 bits per heavy atom. The van der Waals surface area contributed by atoms with Gasteiger partial charge in [0, 0.05) is 4.88 Å². The van der Waals surface area contributed by atoms with Crippen LogP contribution in [0, 0.1) is 13.8 Å². The van der Waals surface area contributed by atoms with Crippen LogP contribution in [0.1, 0.15) is 27.7 Å². The van der Waals surface area contributed by atoms with Crippen molar-refractivity contribution in [3.8, 4) is 0 Å². The summed E-state index contributed by atoms with van der Waals surface area (Å²) in [5, 5.41) is -0.313. The van der Waals surface area contributed by atoms with Crippen LogP contribution in [-0.4, -0.2) is 66.4 Å². The van der Waals surface area contributed by atoms with Crippen LogP contribution in [0.15, 0.2) is 0 Å². The molecule has 0 bridgehead atoms. The molecule has 0 aromatic carbocycles. The van der Waals surface area contributed by atoms with E-state index < -0.39 is 70.3 Å². The minimum atomic E-state index is -8.62. The minimum Gasteiger partial charge on any atom is -0.462 e. The summed E-state index contributed by atoms with van der Waals surface area (Å²) < 4.78 is 220. The van der Waals surface area contributed by atoms with Gasteiger partial charge in [0.2, 0.25) is 0 Å². The molecule has 0 unspecified atom stereocenters. The highest BCUT2D eigenvalue weighted by Gasteiger charge is 2.94. The zero-order valence-corrected chi connectivity index (χ0v) is 19.8. The lowest BCUT2D eigenvalue weighted by Crippen LogP contribution is -2.74. The van der Waals surface area contributed by atoms with Crippen molar-refractivity contribution in [3.05, 3.63) is 16.0 Å². The van der Waals surface area contributed by atoms with E-state index in [0.29, 0.717) is 0 Å². The summed E-state index contributed by atoms with van der Waals surface area (Å²) in [5.74, 6) is -61.8. The summed E-state index contributed by atoms with van der Waals surface area (Å²) in [6.45, 7) is 3.07. The van der Waals surface area contributed by atoms with Gasteiger partial charge in [0.05, 0.1) is 12.2 Å². The number of alkyl halides is 16. The van der Waals surface area contributed by atoms with E-state index in [9.17, 15) is 79.8 Å². The molecular formula is C18H13F16NO3S. The van der Waals surface area contributed by atoms with Gasteiger partial charge in [-0.1, -0.05) is 0 Å². The lowest BCUT2D eigenvalue weighted by atomic mass is 9.89. The summed E-state index contributed by atoms with van der Waals surface area (Å²) >= 11 is 0.156. The van der Waals surface area contributed by atoms with Crippen molar-refractivity contribution in [1.82, 2.24) is 0 Å². The highest BCUT2D eigenvalue weighted by atomic mass is 32.1. The molecule has 1 N–H and O–H groups in total. The number of ether oxygens (including phenoxy) is 1. The van der Waals surface area contributed by atoms with Crippen LogP contribution in [0.4, 0.5) is 75.2 Å². The highest BCUT2D eigenvalue weighted by molar-refractivity contribution is 7.16. The molecule has 0 aliphatic heterocycles. The van der Waals surface area contributed by atoms with Crippen LogP contribution < -0.4 is 5.32 Å². The summed E-state index contributed by atoms with van der Waals surface area (Å²) in [5.41, 5.74) is -0.966. The second kappa shape index (κ2) is 10.2. The maximum atomic E-state index is 14.2. The molecule has 226 valence electrons. The van der Waals surface area contributed by atoms with Crippen LogP contribution in [0.25, 0.3) is 0 Å². The first kappa shape index (κ1) is 34.5. The maximum Gasteiger partial charge on any atom is 0.393 e. The molecule has 0 spiro atoms. The number of carbonyl (C=O) groups is 2. The Labute approximate surface area is 210 Å². The summed E-state index contributed by atoms with van der Waals surface area (Å²) in [7, 11) is 0. The molecule has 21 heteroatoms. The second-order valence-corrected chi connectivity index (χ2v) is 8.76. The van der Waals surface area contributed by atoms with Crippen molar-refractivity contribution in [3.63, 3.8) is 0 Å². The predicted octanol–water partition coefficient (Wildman–Crippen LogP) is 7.19. The van der Waals surface area contributed by atoms with E-state index in [2.05, 4.69) is 4.74 Å². The summed E-state index contributed by atoms with van der Waals surface area (Å²) in [6.07, 6.45) is -5.96. The first-order chi connectivity index (χ1) is 17.1. The molecule has 0 atom stereocenters. The molecule has 4 nitrogen and oxygen atoms in total. The predicted molar refractivity (Wildman–Crippen MR) is 99.0 cm³/mol. The van der Waals surface area contributed by atoms with Crippen LogP contribution in [0.5, 0.6) is 0 Å². The molecule has 1 rings (SSSR count). The number of nitrogens with one attached hydrogen (secondary N) is 1. The molecule has 1 amide bonds. The van der Waals surface area contributed by atoms with Crippen molar-refractivity contribution in [2.45, 2.75) is 68.7 Å². The molecule has 0 radical (unpaired) electrons. The third-order valence-electron chi connectivity index (χ3n) is 5.04. The quantitative estimate of drug-likeness (QED) is 0.209. The van der Waals surface area contributed by atoms with E-state index in [-0.39, 0.29) is 28.4 Å². The number of thiophene rings is 1. The van der Waals surface area contributed by atoms with Crippen molar-refractivity contribution in [1.29, 1.82) is 0 Å². The minimum absolute atomic E-state index is 0.0119. The van der Waals surface area contributed by atoms with Gasteiger partial charge >= 0.3 is 59.8 Å². The monoisotopic (exact) mass is 627 g/mol. The smallest absolute Gasteiger partial charge is 0.393 e. The molecule has 0 saturated carbocycles. The fourth-order valence-corrected chi connectivity index (χ4v) is 3.67. The SMILES string of the molecule is CCOC(=O)c1c(NC(=O)C(F)(F)C(F)(F)C(F)(F)C(F)(F)C(F)(F)C(F)(F)C(F)(F)C(F)F)sc(C)c1C. The molecule has 1 aromatic rings. The maximum absolute atomic E-state index is 14.2.